The summed E-state index contributed by atoms with van der Waals surface area (Å²) < 4.78 is 0. The normalized spacial score (nSPS) is 10.4. The van der Waals surface area contributed by atoms with Crippen molar-refractivity contribution in [3.05, 3.63) is 48.0 Å². The third kappa shape index (κ3) is 1.77. The fourth-order valence-electron chi connectivity index (χ4n) is 1.71. The number of nitrogens with zero attached hydrogens (tertiary/aromatic N) is 1. The Hall–Kier alpha value is -1.87. The molecule has 2 aromatic rings. The summed E-state index contributed by atoms with van der Waals surface area (Å²) in [7, 11) is 0. The van der Waals surface area contributed by atoms with Gasteiger partial charge in [-0.25, -0.2) is 5.84 Å². The first-order valence-electron chi connectivity index (χ1n) is 5.28. The van der Waals surface area contributed by atoms with Crippen molar-refractivity contribution in [3.8, 4) is 0 Å². The van der Waals surface area contributed by atoms with Crippen LogP contribution in [0, 0.1) is 0 Å². The molecule has 0 radical (unpaired) electrons. The molecule has 1 amide bonds. The summed E-state index contributed by atoms with van der Waals surface area (Å²) in [4.78, 5) is 12.0. The van der Waals surface area contributed by atoms with Gasteiger partial charge in [0, 0.05) is 12.1 Å². The Bertz CT molecular complexity index is 517. The third-order valence-corrected chi connectivity index (χ3v) is 2.62. The zero-order valence-corrected chi connectivity index (χ0v) is 9.18. The number of benzene rings is 2. The second kappa shape index (κ2) is 4.33. The van der Waals surface area contributed by atoms with E-state index < -0.39 is 0 Å². The Kier molecular flexibility index (Phi) is 2.88. The summed E-state index contributed by atoms with van der Waals surface area (Å²) in [6.45, 7) is 2.35. The summed E-state index contributed by atoms with van der Waals surface area (Å²) in [6.07, 6.45) is 0. The lowest BCUT2D eigenvalue weighted by atomic mass is 10.0. The van der Waals surface area contributed by atoms with Crippen LogP contribution in [0.2, 0.25) is 0 Å². The van der Waals surface area contributed by atoms with E-state index in [1.807, 2.05) is 43.3 Å². The molecule has 2 rings (SSSR count). The van der Waals surface area contributed by atoms with Crippen molar-refractivity contribution in [1.82, 2.24) is 5.01 Å². The molecule has 0 aliphatic carbocycles. The molecular weight excluding hydrogens is 200 g/mol. The van der Waals surface area contributed by atoms with E-state index in [0.29, 0.717) is 12.1 Å². The minimum absolute atomic E-state index is 0.140. The first-order valence-corrected chi connectivity index (χ1v) is 5.28. The van der Waals surface area contributed by atoms with Crippen LogP contribution in [0.1, 0.15) is 17.3 Å². The molecule has 0 bridgehead atoms. The smallest absolute Gasteiger partial charge is 0.268 e. The molecule has 0 saturated heterocycles. The maximum Gasteiger partial charge on any atom is 0.268 e. The maximum atomic E-state index is 12.0. The summed E-state index contributed by atoms with van der Waals surface area (Å²) in [5, 5.41) is 3.22. The van der Waals surface area contributed by atoms with E-state index in [-0.39, 0.29) is 5.91 Å². The van der Waals surface area contributed by atoms with Gasteiger partial charge in [0.05, 0.1) is 0 Å². The highest BCUT2D eigenvalue weighted by molar-refractivity contribution is 6.06. The van der Waals surface area contributed by atoms with Gasteiger partial charge < -0.3 is 0 Å². The predicted molar refractivity (Wildman–Crippen MR) is 64.8 cm³/mol. The lowest BCUT2D eigenvalue weighted by molar-refractivity contribution is 0.0766. The van der Waals surface area contributed by atoms with Gasteiger partial charge in [0.1, 0.15) is 0 Å². The van der Waals surface area contributed by atoms with E-state index in [1.165, 1.54) is 5.01 Å². The largest absolute Gasteiger partial charge is 0.277 e. The van der Waals surface area contributed by atoms with Gasteiger partial charge in [-0.3, -0.25) is 9.80 Å². The maximum absolute atomic E-state index is 12.0. The number of carbonyl (C=O) groups excluding carboxylic acids is 1. The SMILES string of the molecule is CCN(N)C(=O)c1cccc2ccccc12. The van der Waals surface area contributed by atoms with Gasteiger partial charge in [-0.2, -0.15) is 0 Å². The zero-order valence-electron chi connectivity index (χ0n) is 9.18. The van der Waals surface area contributed by atoms with Crippen molar-refractivity contribution in [2.45, 2.75) is 6.92 Å². The summed E-state index contributed by atoms with van der Waals surface area (Å²) >= 11 is 0. The van der Waals surface area contributed by atoms with Crippen molar-refractivity contribution in [2.24, 2.45) is 5.84 Å². The molecule has 3 nitrogen and oxygen atoms in total. The van der Waals surface area contributed by atoms with E-state index in [2.05, 4.69) is 0 Å². The van der Waals surface area contributed by atoms with Gasteiger partial charge in [-0.05, 0) is 23.8 Å². The molecule has 0 atom stereocenters. The average molecular weight is 214 g/mol. The lowest BCUT2D eigenvalue weighted by Gasteiger charge is -2.15. The summed E-state index contributed by atoms with van der Waals surface area (Å²) in [5.74, 6) is 5.48. The Morgan fingerprint density at radius 1 is 1.19 bits per heavy atom. The molecule has 3 heteroatoms. The number of nitrogens with two attached hydrogens (primary N) is 1. The number of carbonyl (C=O) groups is 1. The van der Waals surface area contributed by atoms with Crippen LogP contribution < -0.4 is 5.84 Å². The first kappa shape index (κ1) is 10.6. The van der Waals surface area contributed by atoms with Crippen LogP contribution in [0.4, 0.5) is 0 Å². The Morgan fingerprint density at radius 3 is 2.62 bits per heavy atom. The standard InChI is InChI=1S/C13H14N2O/c1-2-15(14)13(16)12-9-5-7-10-6-3-4-8-11(10)12/h3-9H,2,14H2,1H3. The molecule has 0 unspecified atom stereocenters. The van der Waals surface area contributed by atoms with Gasteiger partial charge >= 0.3 is 0 Å². The van der Waals surface area contributed by atoms with Gasteiger partial charge in [0.2, 0.25) is 0 Å². The number of hydrazine groups is 1. The van der Waals surface area contributed by atoms with Gasteiger partial charge in [0.15, 0.2) is 0 Å². The van der Waals surface area contributed by atoms with Crippen LogP contribution in [0.3, 0.4) is 0 Å². The number of rotatable bonds is 2. The second-order valence-electron chi connectivity index (χ2n) is 3.62. The Labute approximate surface area is 94.4 Å². The van der Waals surface area contributed by atoms with Crippen LogP contribution in [-0.2, 0) is 0 Å². The van der Waals surface area contributed by atoms with Crippen LogP contribution >= 0.6 is 0 Å². The molecule has 0 aliphatic heterocycles. The van der Waals surface area contributed by atoms with Crippen molar-refractivity contribution in [3.63, 3.8) is 0 Å². The lowest BCUT2D eigenvalue weighted by Crippen LogP contribution is -2.37. The molecule has 0 aliphatic rings. The molecule has 0 heterocycles. The molecular formula is C13H14N2O. The summed E-state index contributed by atoms with van der Waals surface area (Å²) in [5.41, 5.74) is 0.655. The molecule has 0 aromatic heterocycles. The quantitative estimate of drug-likeness (QED) is 0.473. The minimum atomic E-state index is -0.140. The summed E-state index contributed by atoms with van der Waals surface area (Å²) in [6, 6.07) is 13.5. The second-order valence-corrected chi connectivity index (χ2v) is 3.62. The number of hydrogen-bond acceptors (Lipinski definition) is 2. The fourth-order valence-corrected chi connectivity index (χ4v) is 1.71. The predicted octanol–water partition coefficient (Wildman–Crippen LogP) is 2.18. The van der Waals surface area contributed by atoms with Crippen LogP contribution in [0.25, 0.3) is 10.8 Å². The fraction of sp³-hybridized carbons (Fsp3) is 0.154. The van der Waals surface area contributed by atoms with Crippen molar-refractivity contribution in [2.75, 3.05) is 6.54 Å². The van der Waals surface area contributed by atoms with E-state index in [1.54, 1.807) is 6.07 Å². The minimum Gasteiger partial charge on any atom is -0.277 e. The van der Waals surface area contributed by atoms with Gasteiger partial charge in [-0.1, -0.05) is 36.4 Å². The van der Waals surface area contributed by atoms with Crippen molar-refractivity contribution < 1.29 is 4.79 Å². The first-order chi connectivity index (χ1) is 7.74. The third-order valence-electron chi connectivity index (χ3n) is 2.62. The Morgan fingerprint density at radius 2 is 1.88 bits per heavy atom. The molecule has 0 spiro atoms. The van der Waals surface area contributed by atoms with E-state index >= 15 is 0 Å². The highest BCUT2D eigenvalue weighted by Crippen LogP contribution is 2.19. The van der Waals surface area contributed by atoms with Crippen LogP contribution in [-0.4, -0.2) is 17.5 Å². The van der Waals surface area contributed by atoms with Crippen molar-refractivity contribution >= 4 is 16.7 Å². The Balaban J connectivity index is 2.56. The monoisotopic (exact) mass is 214 g/mol. The number of fused-ring (bicyclic) bond motifs is 1. The average Bonchev–Trinajstić information content (AvgIpc) is 2.36. The molecule has 2 aromatic carbocycles. The van der Waals surface area contributed by atoms with Crippen LogP contribution in [0.5, 0.6) is 0 Å². The zero-order chi connectivity index (χ0) is 11.5. The van der Waals surface area contributed by atoms with Gasteiger partial charge in [0.25, 0.3) is 5.91 Å². The number of hydrogen-bond donors (Lipinski definition) is 1. The highest BCUT2D eigenvalue weighted by atomic mass is 16.2. The van der Waals surface area contributed by atoms with E-state index in [0.717, 1.165) is 10.8 Å². The topological polar surface area (TPSA) is 46.3 Å². The van der Waals surface area contributed by atoms with Crippen LogP contribution in [0.15, 0.2) is 42.5 Å². The molecule has 16 heavy (non-hydrogen) atoms. The number of amides is 1. The van der Waals surface area contributed by atoms with E-state index in [9.17, 15) is 4.79 Å². The molecule has 0 fully saturated rings. The van der Waals surface area contributed by atoms with E-state index in [4.69, 9.17) is 5.84 Å². The molecule has 0 saturated carbocycles. The molecule has 82 valence electrons. The molecule has 2 N–H and O–H groups in total. The highest BCUT2D eigenvalue weighted by Gasteiger charge is 2.13. The van der Waals surface area contributed by atoms with Crippen molar-refractivity contribution in [1.29, 1.82) is 0 Å². The van der Waals surface area contributed by atoms with Gasteiger partial charge in [-0.15, -0.1) is 0 Å².